The molecule has 196 valence electrons. The van der Waals surface area contributed by atoms with Crippen LogP contribution < -0.4 is 15.5 Å². The van der Waals surface area contributed by atoms with Crippen molar-refractivity contribution in [3.05, 3.63) is 53.9 Å². The largest absolute Gasteiger partial charge is 0.353 e. The molecule has 0 aliphatic heterocycles. The van der Waals surface area contributed by atoms with Crippen LogP contribution in [0.4, 0.5) is 17.6 Å². The van der Waals surface area contributed by atoms with E-state index in [2.05, 4.69) is 35.7 Å². The van der Waals surface area contributed by atoms with Crippen molar-refractivity contribution in [1.82, 2.24) is 25.5 Å². The number of hydrogen-bond acceptors (Lipinski definition) is 8. The SMILES string of the molecule is CN(c1nccc(Nc2cc(C3CC3)[nH]n2)n1)C1CCC(NC(=O)Cc2cccc(S(C)(=O)=O)c2)CC1. The van der Waals surface area contributed by atoms with E-state index in [1.54, 1.807) is 30.5 Å². The lowest BCUT2D eigenvalue weighted by atomic mass is 9.90. The summed E-state index contributed by atoms with van der Waals surface area (Å²) in [5, 5.41) is 13.8. The molecule has 2 saturated carbocycles. The number of nitrogens with one attached hydrogen (secondary N) is 3. The molecule has 2 aliphatic rings. The van der Waals surface area contributed by atoms with Gasteiger partial charge in [0.1, 0.15) is 5.82 Å². The molecule has 3 N–H and O–H groups in total. The van der Waals surface area contributed by atoms with Crippen molar-refractivity contribution in [2.24, 2.45) is 0 Å². The molecule has 1 aromatic carbocycles. The Hall–Kier alpha value is -3.47. The topological polar surface area (TPSA) is 133 Å². The first-order valence-corrected chi connectivity index (χ1v) is 14.6. The van der Waals surface area contributed by atoms with Crippen molar-refractivity contribution in [2.45, 2.75) is 67.8 Å². The van der Waals surface area contributed by atoms with Gasteiger partial charge in [-0.2, -0.15) is 10.1 Å². The molecular formula is C26H33N7O3S. The average Bonchev–Trinajstić information content (AvgIpc) is 3.62. The van der Waals surface area contributed by atoms with Gasteiger partial charge in [0.05, 0.1) is 11.3 Å². The summed E-state index contributed by atoms with van der Waals surface area (Å²) in [6.07, 6.45) is 9.06. The molecule has 0 saturated heterocycles. The van der Waals surface area contributed by atoms with E-state index >= 15 is 0 Å². The van der Waals surface area contributed by atoms with E-state index < -0.39 is 9.84 Å². The number of benzene rings is 1. The zero-order valence-corrected chi connectivity index (χ0v) is 22.0. The number of nitrogens with zero attached hydrogens (tertiary/aromatic N) is 4. The molecule has 1 amide bonds. The third-order valence-electron chi connectivity index (χ3n) is 7.13. The lowest BCUT2D eigenvalue weighted by Crippen LogP contribution is -2.43. The molecule has 10 nitrogen and oxygen atoms in total. The Bertz CT molecular complexity index is 1360. The van der Waals surface area contributed by atoms with Gasteiger partial charge in [0.15, 0.2) is 15.7 Å². The van der Waals surface area contributed by atoms with Gasteiger partial charge in [-0.1, -0.05) is 12.1 Å². The van der Waals surface area contributed by atoms with E-state index in [1.165, 1.54) is 24.8 Å². The number of carbonyl (C=O) groups is 1. The minimum atomic E-state index is -3.30. The van der Waals surface area contributed by atoms with Gasteiger partial charge in [-0.05, 0) is 62.3 Å². The van der Waals surface area contributed by atoms with Gasteiger partial charge in [0, 0.05) is 49.3 Å². The van der Waals surface area contributed by atoms with E-state index in [0.717, 1.165) is 31.5 Å². The van der Waals surface area contributed by atoms with E-state index in [9.17, 15) is 13.2 Å². The summed E-state index contributed by atoms with van der Waals surface area (Å²) in [7, 11) is -1.29. The van der Waals surface area contributed by atoms with Crippen molar-refractivity contribution in [3.63, 3.8) is 0 Å². The van der Waals surface area contributed by atoms with Gasteiger partial charge in [-0.3, -0.25) is 9.89 Å². The van der Waals surface area contributed by atoms with Crippen LogP contribution in [0.25, 0.3) is 0 Å². The number of H-pyrrole nitrogens is 1. The van der Waals surface area contributed by atoms with Crippen LogP contribution in [0, 0.1) is 0 Å². The van der Waals surface area contributed by atoms with Gasteiger partial charge in [0.25, 0.3) is 0 Å². The van der Waals surface area contributed by atoms with Gasteiger partial charge in [0.2, 0.25) is 11.9 Å². The van der Waals surface area contributed by atoms with Crippen LogP contribution in [0.3, 0.4) is 0 Å². The maximum atomic E-state index is 12.6. The van der Waals surface area contributed by atoms with Crippen LogP contribution in [0.15, 0.2) is 47.5 Å². The number of aromatic amines is 1. The number of sulfone groups is 1. The zero-order chi connectivity index (χ0) is 26.0. The second kappa shape index (κ2) is 10.5. The van der Waals surface area contributed by atoms with Crippen LogP contribution in [0.1, 0.15) is 55.7 Å². The van der Waals surface area contributed by atoms with Crippen LogP contribution in [-0.4, -0.2) is 59.9 Å². The summed E-state index contributed by atoms with van der Waals surface area (Å²) >= 11 is 0. The molecular weight excluding hydrogens is 490 g/mol. The smallest absolute Gasteiger partial charge is 0.227 e. The molecule has 37 heavy (non-hydrogen) atoms. The quantitative estimate of drug-likeness (QED) is 0.389. The fourth-order valence-corrected chi connectivity index (χ4v) is 5.54. The Balaban J connectivity index is 1.12. The van der Waals surface area contributed by atoms with Crippen molar-refractivity contribution in [2.75, 3.05) is 23.5 Å². The molecule has 2 fully saturated rings. The molecule has 0 unspecified atom stereocenters. The Kier molecular flexibility index (Phi) is 7.14. The number of amides is 1. The van der Waals surface area contributed by atoms with Gasteiger partial charge in [-0.25, -0.2) is 13.4 Å². The highest BCUT2D eigenvalue weighted by Crippen LogP contribution is 2.39. The molecule has 0 atom stereocenters. The van der Waals surface area contributed by atoms with Crippen molar-refractivity contribution in [3.8, 4) is 0 Å². The number of aromatic nitrogens is 4. The highest BCUT2D eigenvalue weighted by Gasteiger charge is 2.27. The van der Waals surface area contributed by atoms with Crippen LogP contribution >= 0.6 is 0 Å². The molecule has 2 heterocycles. The molecule has 2 aromatic heterocycles. The van der Waals surface area contributed by atoms with Crippen molar-refractivity contribution >= 4 is 33.3 Å². The Morgan fingerprint density at radius 1 is 1.08 bits per heavy atom. The first-order chi connectivity index (χ1) is 17.7. The first-order valence-electron chi connectivity index (χ1n) is 12.7. The molecule has 2 aliphatic carbocycles. The predicted octanol–water partition coefficient (Wildman–Crippen LogP) is 3.33. The standard InChI is InChI=1S/C26H33N7O3S/c1-33(26-27-13-12-23(30-26)29-24-16-22(31-32-24)18-6-7-18)20-10-8-19(9-11-20)28-25(34)15-17-4-3-5-21(14-17)37(2,35)36/h3-5,12-14,16,18-20H,6-11,15H2,1-2H3,(H,28,34)(H2,27,29,30,31,32). The molecule has 0 radical (unpaired) electrons. The van der Waals surface area contributed by atoms with E-state index in [1.807, 2.05) is 19.2 Å². The third kappa shape index (κ3) is 6.46. The zero-order valence-electron chi connectivity index (χ0n) is 21.1. The molecule has 11 heteroatoms. The van der Waals surface area contributed by atoms with E-state index in [-0.39, 0.29) is 29.3 Å². The van der Waals surface area contributed by atoms with Crippen LogP contribution in [0.2, 0.25) is 0 Å². The summed E-state index contributed by atoms with van der Waals surface area (Å²) in [6, 6.07) is 10.8. The van der Waals surface area contributed by atoms with Gasteiger partial charge >= 0.3 is 0 Å². The third-order valence-corrected chi connectivity index (χ3v) is 8.24. The second-order valence-electron chi connectivity index (χ2n) is 10.1. The minimum Gasteiger partial charge on any atom is -0.353 e. The number of anilines is 3. The lowest BCUT2D eigenvalue weighted by molar-refractivity contribution is -0.121. The summed E-state index contributed by atoms with van der Waals surface area (Å²) in [6.45, 7) is 0. The normalized spacial score (nSPS) is 19.8. The lowest BCUT2D eigenvalue weighted by Gasteiger charge is -2.35. The Morgan fingerprint density at radius 3 is 2.59 bits per heavy atom. The van der Waals surface area contributed by atoms with Crippen molar-refractivity contribution in [1.29, 1.82) is 0 Å². The fourth-order valence-electron chi connectivity index (χ4n) is 4.84. The average molecular weight is 524 g/mol. The van der Waals surface area contributed by atoms with Gasteiger partial charge in [-0.15, -0.1) is 0 Å². The highest BCUT2D eigenvalue weighted by molar-refractivity contribution is 7.90. The number of rotatable bonds is 9. The van der Waals surface area contributed by atoms with Crippen molar-refractivity contribution < 1.29 is 13.2 Å². The highest BCUT2D eigenvalue weighted by atomic mass is 32.2. The minimum absolute atomic E-state index is 0.0900. The molecule has 5 rings (SSSR count). The molecule has 0 bridgehead atoms. The fraction of sp³-hybridized carbons (Fsp3) is 0.462. The Morgan fingerprint density at radius 2 is 1.86 bits per heavy atom. The second-order valence-corrected chi connectivity index (χ2v) is 12.1. The summed E-state index contributed by atoms with van der Waals surface area (Å²) < 4.78 is 23.6. The monoisotopic (exact) mass is 523 g/mol. The van der Waals surface area contributed by atoms with E-state index in [4.69, 9.17) is 0 Å². The maximum Gasteiger partial charge on any atom is 0.227 e. The summed E-state index contributed by atoms with van der Waals surface area (Å²) in [5.74, 6) is 2.63. The summed E-state index contributed by atoms with van der Waals surface area (Å²) in [5.41, 5.74) is 1.86. The molecule has 3 aromatic rings. The molecule has 0 spiro atoms. The Labute approximate surface area is 217 Å². The van der Waals surface area contributed by atoms with E-state index in [0.29, 0.717) is 23.2 Å². The van der Waals surface area contributed by atoms with Gasteiger partial charge < -0.3 is 15.5 Å². The summed E-state index contributed by atoms with van der Waals surface area (Å²) in [4.78, 5) is 24.1. The predicted molar refractivity (Wildman–Crippen MR) is 142 cm³/mol. The first kappa shape index (κ1) is 25.2. The number of hydrogen-bond donors (Lipinski definition) is 3. The maximum absolute atomic E-state index is 12.6. The van der Waals surface area contributed by atoms with Crippen LogP contribution in [0.5, 0.6) is 0 Å². The van der Waals surface area contributed by atoms with Crippen LogP contribution in [-0.2, 0) is 21.1 Å². The number of carbonyl (C=O) groups excluding carboxylic acids is 1.